The molecule has 0 radical (unpaired) electrons. The first kappa shape index (κ1) is 69.6. The number of nitrogens with zero attached hydrogens (tertiary/aromatic N) is 1. The maximum Gasteiger partial charge on any atom is 0.407 e. The molecule has 20 heteroatoms. The van der Waals surface area contributed by atoms with Gasteiger partial charge in [-0.15, -0.1) is 0 Å². The molecule has 0 aromatic carbocycles. The van der Waals surface area contributed by atoms with Gasteiger partial charge in [-0.2, -0.15) is 0 Å². The summed E-state index contributed by atoms with van der Waals surface area (Å²) in [6.45, 7) is 16.1. The fraction of sp³-hybridized carbons (Fsp3) is 0.787. The molecule has 3 heterocycles. The van der Waals surface area contributed by atoms with E-state index in [4.69, 9.17) is 47.4 Å². The van der Waals surface area contributed by atoms with Gasteiger partial charge in [0.25, 0.3) is 11.7 Å². The Morgan fingerprint density at radius 2 is 1.43 bits per heavy atom. The summed E-state index contributed by atoms with van der Waals surface area (Å²) in [4.78, 5) is 71.3. The molecule has 2 saturated heterocycles. The molecule has 3 aliphatic heterocycles. The van der Waals surface area contributed by atoms with Crippen LogP contribution in [-0.4, -0.2) is 198 Å². The summed E-state index contributed by atoms with van der Waals surface area (Å²) in [6.07, 6.45) is 9.62. The number of piperidine rings is 1. The fourth-order valence-electron chi connectivity index (χ4n) is 11.5. The Labute approximate surface area is 481 Å². The van der Waals surface area contributed by atoms with E-state index >= 15 is 0 Å². The third-order valence-corrected chi connectivity index (χ3v) is 16.6. The molecule has 16 atom stereocenters. The van der Waals surface area contributed by atoms with E-state index < -0.39 is 108 Å². The first-order valence-corrected chi connectivity index (χ1v) is 29.5. The molecule has 3 fully saturated rings. The lowest BCUT2D eigenvalue weighted by atomic mass is 9.78. The van der Waals surface area contributed by atoms with Gasteiger partial charge in [0.05, 0.1) is 70.7 Å². The Morgan fingerprint density at radius 3 is 2.10 bits per heavy atom. The van der Waals surface area contributed by atoms with Crippen molar-refractivity contribution in [3.8, 4) is 0 Å². The lowest BCUT2D eigenvalue weighted by molar-refractivity contribution is -0.265. The number of ketones is 2. The highest BCUT2D eigenvalue weighted by Gasteiger charge is 2.53. The molecule has 1 aliphatic carbocycles. The lowest BCUT2D eigenvalue weighted by Crippen LogP contribution is -2.61. The Kier molecular flexibility index (Phi) is 30.9. The largest absolute Gasteiger partial charge is 0.460 e. The average molecular weight is 1150 g/mol. The van der Waals surface area contributed by atoms with Crippen LogP contribution in [0.3, 0.4) is 0 Å². The lowest BCUT2D eigenvalue weighted by Gasteiger charge is -2.43. The van der Waals surface area contributed by atoms with Crippen molar-refractivity contribution in [2.45, 2.75) is 186 Å². The minimum Gasteiger partial charge on any atom is -0.460 e. The maximum atomic E-state index is 14.7. The molecule has 0 aromatic rings. The molecule has 0 unspecified atom stereocenters. The fourth-order valence-corrected chi connectivity index (χ4v) is 11.5. The number of carbonyl (C=O) groups is 5. The number of nitrogens with one attached hydrogen (secondary N) is 1. The molecule has 462 valence electrons. The second-order valence-electron chi connectivity index (χ2n) is 22.9. The molecule has 20 nitrogen and oxygen atoms in total. The smallest absolute Gasteiger partial charge is 0.407 e. The van der Waals surface area contributed by atoms with Gasteiger partial charge in [-0.25, -0.2) is 9.59 Å². The summed E-state index contributed by atoms with van der Waals surface area (Å²) in [6, 6.07) is -1.13. The predicted molar refractivity (Wildman–Crippen MR) is 303 cm³/mol. The Hall–Kier alpha value is -3.93. The zero-order valence-corrected chi connectivity index (χ0v) is 50.4. The van der Waals surface area contributed by atoms with Gasteiger partial charge in [-0.05, 0) is 107 Å². The van der Waals surface area contributed by atoms with Crippen molar-refractivity contribution >= 4 is 29.5 Å². The number of amides is 2. The zero-order valence-electron chi connectivity index (χ0n) is 50.4. The number of fused-ring (bicyclic) bond motifs is 3. The number of aliphatic hydroxyl groups is 3. The number of rotatable bonds is 19. The SMILES string of the molecule is COCCOCCOCCOCCNC(=O)O[C@@H]1CC[C@@H](C[C@@H](C)[C@@H]2C[C@@H](OC)[C@H](C)/C=C(\C)[C@@H](O)[C@@H](O)C(=O)[C@H](C)C[C@H](C)/C=C/C=C/C=C(\C)[C@@H](OC)C[C@@H]3CC[C@@H](C)[C@@](O)(O3)C(=O)C(=O)N3CCCC[C@H]3C(=O)O2)C[C@H]1OC. The van der Waals surface area contributed by atoms with Gasteiger partial charge in [0.2, 0.25) is 5.79 Å². The van der Waals surface area contributed by atoms with E-state index in [2.05, 4.69) is 5.32 Å². The Morgan fingerprint density at radius 1 is 0.753 bits per heavy atom. The molecule has 4 aliphatic rings. The number of hydrogen-bond acceptors (Lipinski definition) is 18. The van der Waals surface area contributed by atoms with Crippen LogP contribution in [0.15, 0.2) is 47.6 Å². The van der Waals surface area contributed by atoms with Crippen molar-refractivity contribution in [3.63, 3.8) is 0 Å². The first-order valence-electron chi connectivity index (χ1n) is 29.5. The van der Waals surface area contributed by atoms with Crippen molar-refractivity contribution in [3.05, 3.63) is 47.6 Å². The molecule has 2 bridgehead atoms. The number of esters is 1. The number of allylic oxidation sites excluding steroid dienone is 5. The molecule has 1 saturated carbocycles. The molecule has 4 N–H and O–H groups in total. The number of carbonyl (C=O) groups excluding carboxylic acids is 5. The summed E-state index contributed by atoms with van der Waals surface area (Å²) in [5.74, 6) is -7.73. The summed E-state index contributed by atoms with van der Waals surface area (Å²) in [7, 11) is 6.31. The van der Waals surface area contributed by atoms with Crippen LogP contribution in [-0.2, 0) is 66.5 Å². The molecule has 0 spiro atoms. The number of ether oxygens (including phenoxy) is 10. The van der Waals surface area contributed by atoms with Crippen LogP contribution in [0.5, 0.6) is 0 Å². The standard InChI is InChI=1S/C61H100N2O18/c1-39-17-13-12-14-18-40(2)50(73-9)37-47-22-20-45(7)61(71,81-47)57(67)58(68)63-25-16-15-19-48(63)59(69)79-52(38-51(74-10)41(3)34-44(6)55(65)56(66)54(64)43(5)33-39)42(4)35-46-21-23-49(53(36-46)75-11)80-60(70)62-24-26-76-29-30-78-32-31-77-28-27-72-8/h12-14,17-18,34,39,41-43,45-53,55-56,65-66,71H,15-16,19-33,35-38H2,1-11H3,(H,62,70)/b14-12+,17-13+,40-18+,44-34+/t39-,41-,42-,43-,45-,46+,47+,48+,49-,50+,51-,52+,53-,55-,56+,61-/m1/s1. The van der Waals surface area contributed by atoms with Gasteiger partial charge in [0.1, 0.15) is 30.5 Å². The van der Waals surface area contributed by atoms with Gasteiger partial charge in [0, 0.05) is 72.1 Å². The van der Waals surface area contributed by atoms with Crippen LogP contribution in [0.25, 0.3) is 0 Å². The number of aliphatic hydroxyl groups excluding tert-OH is 2. The number of alkyl carbamates (subject to hydrolysis) is 1. The van der Waals surface area contributed by atoms with Crippen molar-refractivity contribution in [2.24, 2.45) is 35.5 Å². The molecule has 81 heavy (non-hydrogen) atoms. The monoisotopic (exact) mass is 1150 g/mol. The number of cyclic esters (lactones) is 1. The van der Waals surface area contributed by atoms with Gasteiger partial charge in [-0.3, -0.25) is 14.4 Å². The second kappa shape index (κ2) is 36.0. The normalized spacial score (nSPS) is 35.6. The second-order valence-corrected chi connectivity index (χ2v) is 22.9. The highest BCUT2D eigenvalue weighted by molar-refractivity contribution is 6.39. The van der Waals surface area contributed by atoms with Crippen LogP contribution in [0.2, 0.25) is 0 Å². The number of hydrogen-bond donors (Lipinski definition) is 4. The number of methoxy groups -OCH3 is 4. The Bertz CT molecular complexity index is 2070. The van der Waals surface area contributed by atoms with Crippen molar-refractivity contribution in [1.82, 2.24) is 10.2 Å². The molecule has 0 aromatic heterocycles. The quantitative estimate of drug-likeness (QED) is 0.0472. The van der Waals surface area contributed by atoms with Crippen LogP contribution in [0.1, 0.15) is 126 Å². The average Bonchev–Trinajstić information content (AvgIpc) is 3.57. The zero-order chi connectivity index (χ0) is 59.6. The van der Waals surface area contributed by atoms with E-state index in [9.17, 15) is 39.3 Å². The van der Waals surface area contributed by atoms with E-state index in [1.807, 2.05) is 58.1 Å². The first-order chi connectivity index (χ1) is 38.7. The number of Topliss-reactive ketones (excluding diaryl/α,β-unsaturated/α-hetero) is 2. The molecular formula is C61H100N2O18. The van der Waals surface area contributed by atoms with Crippen LogP contribution in [0.4, 0.5) is 4.79 Å². The van der Waals surface area contributed by atoms with Gasteiger partial charge in [-0.1, -0.05) is 71.1 Å². The van der Waals surface area contributed by atoms with Crippen molar-refractivity contribution < 1.29 is 86.7 Å². The molecular weight excluding hydrogens is 1050 g/mol. The van der Waals surface area contributed by atoms with Gasteiger partial charge in [0.15, 0.2) is 5.78 Å². The van der Waals surface area contributed by atoms with E-state index in [1.165, 1.54) is 12.0 Å². The van der Waals surface area contributed by atoms with E-state index in [0.717, 1.165) is 5.57 Å². The molecule has 4 rings (SSSR count). The predicted octanol–water partition coefficient (Wildman–Crippen LogP) is 6.40. The molecule has 2 amide bonds. The van der Waals surface area contributed by atoms with E-state index in [1.54, 1.807) is 48.2 Å². The van der Waals surface area contributed by atoms with E-state index in [-0.39, 0.29) is 50.3 Å². The minimum absolute atomic E-state index is 0.0319. The van der Waals surface area contributed by atoms with E-state index in [0.29, 0.717) is 109 Å². The minimum atomic E-state index is -2.44. The summed E-state index contributed by atoms with van der Waals surface area (Å²) in [5, 5.41) is 37.4. The third kappa shape index (κ3) is 21.9. The highest BCUT2D eigenvalue weighted by atomic mass is 16.6. The van der Waals surface area contributed by atoms with Crippen molar-refractivity contribution in [1.29, 1.82) is 0 Å². The summed E-state index contributed by atoms with van der Waals surface area (Å²) in [5.41, 5.74) is 1.23. The van der Waals surface area contributed by atoms with Crippen LogP contribution in [0, 0.1) is 35.5 Å². The van der Waals surface area contributed by atoms with Crippen molar-refractivity contribution in [2.75, 3.05) is 87.8 Å². The highest BCUT2D eigenvalue weighted by Crippen LogP contribution is 2.38. The van der Waals surface area contributed by atoms with Gasteiger partial charge < -0.3 is 72.9 Å². The summed E-state index contributed by atoms with van der Waals surface area (Å²) < 4.78 is 57.8. The van der Waals surface area contributed by atoms with Gasteiger partial charge >= 0.3 is 12.1 Å². The third-order valence-electron chi connectivity index (χ3n) is 16.6. The summed E-state index contributed by atoms with van der Waals surface area (Å²) >= 11 is 0. The van der Waals surface area contributed by atoms with Crippen LogP contribution < -0.4 is 5.32 Å². The maximum absolute atomic E-state index is 14.7. The van der Waals surface area contributed by atoms with Crippen LogP contribution >= 0.6 is 0 Å². The Balaban J connectivity index is 1.55. The topological polar surface area (TPSA) is 254 Å².